The number of ether oxygens (including phenoxy) is 1. The van der Waals surface area contributed by atoms with Gasteiger partial charge in [0, 0.05) is 19.1 Å². The Hall–Kier alpha value is -1.14. The van der Waals surface area contributed by atoms with E-state index < -0.39 is 18.2 Å². The van der Waals surface area contributed by atoms with E-state index in [0.29, 0.717) is 18.9 Å². The fraction of sp³-hybridized carbons (Fsp3) is 0.867. The number of carboxylic acids is 1. The number of carboxylic acid groups (broad SMARTS) is 1. The van der Waals surface area contributed by atoms with E-state index in [1.54, 1.807) is 0 Å². The van der Waals surface area contributed by atoms with Gasteiger partial charge in [-0.1, -0.05) is 0 Å². The topological polar surface area (TPSA) is 70.1 Å². The molecule has 0 aliphatic carbocycles. The molecule has 3 aliphatic rings. The van der Waals surface area contributed by atoms with Crippen molar-refractivity contribution in [2.45, 2.75) is 56.8 Å². The molecule has 6 nitrogen and oxygen atoms in total. The van der Waals surface area contributed by atoms with Crippen LogP contribution in [0.1, 0.15) is 38.5 Å². The van der Waals surface area contributed by atoms with Gasteiger partial charge in [-0.15, -0.1) is 0 Å². The number of piperidine rings is 1. The average molecular weight is 296 g/mol. The van der Waals surface area contributed by atoms with Crippen molar-refractivity contribution in [2.24, 2.45) is 0 Å². The van der Waals surface area contributed by atoms with Crippen LogP contribution in [-0.4, -0.2) is 71.2 Å². The molecule has 3 atom stereocenters. The second kappa shape index (κ2) is 6.32. The Morgan fingerprint density at radius 2 is 1.67 bits per heavy atom. The third-order valence-corrected chi connectivity index (χ3v) is 4.94. The summed E-state index contributed by atoms with van der Waals surface area (Å²) in [4.78, 5) is 27.8. The highest BCUT2D eigenvalue weighted by Crippen LogP contribution is 2.25. The zero-order valence-electron chi connectivity index (χ0n) is 12.4. The van der Waals surface area contributed by atoms with E-state index >= 15 is 0 Å². The molecule has 0 spiro atoms. The van der Waals surface area contributed by atoms with Gasteiger partial charge in [0.15, 0.2) is 6.10 Å². The molecule has 0 radical (unpaired) electrons. The quantitative estimate of drug-likeness (QED) is 0.830. The average Bonchev–Trinajstić information content (AvgIpc) is 3.18. The zero-order chi connectivity index (χ0) is 14.8. The van der Waals surface area contributed by atoms with Gasteiger partial charge >= 0.3 is 5.97 Å². The van der Waals surface area contributed by atoms with Crippen molar-refractivity contribution >= 4 is 11.9 Å². The predicted octanol–water partition coefficient (Wildman–Crippen LogP) is 0.705. The van der Waals surface area contributed by atoms with Crippen LogP contribution in [0.15, 0.2) is 0 Å². The summed E-state index contributed by atoms with van der Waals surface area (Å²) in [5.41, 5.74) is 0. The minimum atomic E-state index is -0.959. The number of hydrogen-bond donors (Lipinski definition) is 1. The molecule has 0 aromatic heterocycles. The third kappa shape index (κ3) is 3.21. The summed E-state index contributed by atoms with van der Waals surface area (Å²) in [7, 11) is 0. The van der Waals surface area contributed by atoms with Crippen molar-refractivity contribution in [3.05, 3.63) is 0 Å². The summed E-state index contributed by atoms with van der Waals surface area (Å²) in [5, 5.41) is 8.95. The van der Waals surface area contributed by atoms with E-state index in [0.717, 1.165) is 39.0 Å². The first-order chi connectivity index (χ1) is 10.1. The smallest absolute Gasteiger partial charge is 0.332 e. The van der Waals surface area contributed by atoms with Crippen molar-refractivity contribution in [1.82, 2.24) is 9.80 Å². The molecule has 3 fully saturated rings. The van der Waals surface area contributed by atoms with Crippen LogP contribution >= 0.6 is 0 Å². The standard InChI is InChI=1S/C15H24N2O4/c18-14(12-5-6-13(21-12)15(19)20)17-9-3-4-11(10-17)16-7-1-2-8-16/h11-13H,1-10H2,(H,19,20)/t11?,12-,13+/m0/s1. The van der Waals surface area contributed by atoms with Crippen molar-refractivity contribution in [1.29, 1.82) is 0 Å². The van der Waals surface area contributed by atoms with Crippen molar-refractivity contribution in [3.63, 3.8) is 0 Å². The Balaban J connectivity index is 1.56. The molecule has 0 bridgehead atoms. The summed E-state index contributed by atoms with van der Waals surface area (Å²) in [6, 6.07) is 0.474. The number of carbonyl (C=O) groups excluding carboxylic acids is 1. The van der Waals surface area contributed by atoms with Gasteiger partial charge in [-0.25, -0.2) is 4.79 Å². The zero-order valence-corrected chi connectivity index (χ0v) is 12.4. The minimum absolute atomic E-state index is 0.0114. The molecule has 1 unspecified atom stereocenters. The number of aliphatic carboxylic acids is 1. The summed E-state index contributed by atoms with van der Waals surface area (Å²) >= 11 is 0. The number of amides is 1. The van der Waals surface area contributed by atoms with Crippen LogP contribution < -0.4 is 0 Å². The molecule has 3 rings (SSSR count). The predicted molar refractivity (Wildman–Crippen MR) is 75.9 cm³/mol. The molecule has 21 heavy (non-hydrogen) atoms. The van der Waals surface area contributed by atoms with Crippen LogP contribution in [0.2, 0.25) is 0 Å². The highest BCUT2D eigenvalue weighted by Gasteiger charge is 2.38. The fourth-order valence-electron chi connectivity index (χ4n) is 3.76. The Bertz CT molecular complexity index is 408. The van der Waals surface area contributed by atoms with Gasteiger partial charge in [-0.2, -0.15) is 0 Å². The summed E-state index contributed by atoms with van der Waals surface area (Å²) in [5.74, 6) is -0.971. The van der Waals surface area contributed by atoms with Crippen LogP contribution in [0.3, 0.4) is 0 Å². The van der Waals surface area contributed by atoms with Crippen molar-refractivity contribution in [3.8, 4) is 0 Å². The molecule has 0 saturated carbocycles. The minimum Gasteiger partial charge on any atom is -0.479 e. The third-order valence-electron chi connectivity index (χ3n) is 4.94. The summed E-state index contributed by atoms with van der Waals surface area (Å²) in [6.45, 7) is 3.85. The fourth-order valence-corrected chi connectivity index (χ4v) is 3.76. The Labute approximate surface area is 125 Å². The monoisotopic (exact) mass is 296 g/mol. The number of nitrogens with zero attached hydrogens (tertiary/aromatic N) is 2. The van der Waals surface area contributed by atoms with Gasteiger partial charge in [0.1, 0.15) is 6.10 Å². The second-order valence-corrected chi connectivity index (χ2v) is 6.35. The lowest BCUT2D eigenvalue weighted by atomic mass is 10.0. The number of likely N-dealkylation sites (tertiary alicyclic amines) is 2. The van der Waals surface area contributed by atoms with Crippen LogP contribution in [-0.2, 0) is 14.3 Å². The van der Waals surface area contributed by atoms with Gasteiger partial charge in [0.05, 0.1) is 0 Å². The molecule has 3 aliphatic heterocycles. The maximum absolute atomic E-state index is 12.5. The normalized spacial score (nSPS) is 34.3. The van der Waals surface area contributed by atoms with Gasteiger partial charge in [-0.3, -0.25) is 9.69 Å². The van der Waals surface area contributed by atoms with Crippen LogP contribution in [0.25, 0.3) is 0 Å². The van der Waals surface area contributed by atoms with Gasteiger partial charge in [0.2, 0.25) is 0 Å². The molecule has 1 amide bonds. The van der Waals surface area contributed by atoms with E-state index in [4.69, 9.17) is 9.84 Å². The van der Waals surface area contributed by atoms with Crippen molar-refractivity contribution < 1.29 is 19.4 Å². The van der Waals surface area contributed by atoms with Gasteiger partial charge in [0.25, 0.3) is 5.91 Å². The van der Waals surface area contributed by atoms with Crippen LogP contribution in [0, 0.1) is 0 Å². The molecule has 1 N–H and O–H groups in total. The van der Waals surface area contributed by atoms with Gasteiger partial charge < -0.3 is 14.7 Å². The van der Waals surface area contributed by atoms with Crippen LogP contribution in [0.4, 0.5) is 0 Å². The molecule has 6 heteroatoms. The van der Waals surface area contributed by atoms with E-state index in [-0.39, 0.29) is 5.91 Å². The van der Waals surface area contributed by atoms with E-state index in [1.807, 2.05) is 4.90 Å². The second-order valence-electron chi connectivity index (χ2n) is 6.35. The molecule has 0 aromatic rings. The number of hydrogen-bond acceptors (Lipinski definition) is 4. The highest BCUT2D eigenvalue weighted by molar-refractivity contribution is 5.82. The number of rotatable bonds is 3. The van der Waals surface area contributed by atoms with E-state index in [1.165, 1.54) is 12.8 Å². The Kier molecular flexibility index (Phi) is 4.45. The first-order valence-corrected chi connectivity index (χ1v) is 8.06. The van der Waals surface area contributed by atoms with Gasteiger partial charge in [-0.05, 0) is 51.6 Å². The molecule has 0 aromatic carbocycles. The largest absolute Gasteiger partial charge is 0.479 e. The molecule has 3 heterocycles. The SMILES string of the molecule is O=C(O)[C@H]1CC[C@@H](C(=O)N2CCCC(N3CCCC3)C2)O1. The Morgan fingerprint density at radius 1 is 0.952 bits per heavy atom. The summed E-state index contributed by atoms with van der Waals surface area (Å²) in [6.07, 6.45) is 4.32. The maximum Gasteiger partial charge on any atom is 0.332 e. The Morgan fingerprint density at radius 3 is 2.33 bits per heavy atom. The lowest BCUT2D eigenvalue weighted by Gasteiger charge is -2.38. The van der Waals surface area contributed by atoms with Crippen molar-refractivity contribution in [2.75, 3.05) is 26.2 Å². The highest BCUT2D eigenvalue weighted by atomic mass is 16.5. The lowest BCUT2D eigenvalue weighted by molar-refractivity contribution is -0.155. The lowest BCUT2D eigenvalue weighted by Crippen LogP contribution is -2.51. The summed E-state index contributed by atoms with van der Waals surface area (Å²) < 4.78 is 5.39. The molecule has 118 valence electrons. The maximum atomic E-state index is 12.5. The first kappa shape index (κ1) is 14.8. The first-order valence-electron chi connectivity index (χ1n) is 8.06. The molecular weight excluding hydrogens is 272 g/mol. The molecular formula is C15H24N2O4. The number of carbonyl (C=O) groups is 2. The van der Waals surface area contributed by atoms with E-state index in [2.05, 4.69) is 4.90 Å². The molecule has 3 saturated heterocycles. The van der Waals surface area contributed by atoms with Crippen LogP contribution in [0.5, 0.6) is 0 Å². The van der Waals surface area contributed by atoms with E-state index in [9.17, 15) is 9.59 Å².